The lowest BCUT2D eigenvalue weighted by molar-refractivity contribution is -0.166. The summed E-state index contributed by atoms with van der Waals surface area (Å²) in [7, 11) is 0. The molecule has 1 atom stereocenters. The lowest BCUT2D eigenvalue weighted by Crippen LogP contribution is -2.51. The monoisotopic (exact) mass is 328 g/mol. The van der Waals surface area contributed by atoms with E-state index in [9.17, 15) is 23.2 Å². The highest BCUT2D eigenvalue weighted by Gasteiger charge is 2.45. The molecule has 0 aliphatic carbocycles. The van der Waals surface area contributed by atoms with Crippen molar-refractivity contribution in [2.45, 2.75) is 25.8 Å². The molecular formula is C15H18F2N2O4. The lowest BCUT2D eigenvalue weighted by atomic mass is 10.1. The zero-order chi connectivity index (χ0) is 17.6. The molecule has 0 spiro atoms. The van der Waals surface area contributed by atoms with Crippen LogP contribution in [-0.2, 0) is 20.3 Å². The normalized spacial score (nSPS) is 12.3. The summed E-state index contributed by atoms with van der Waals surface area (Å²) in [5.41, 5.74) is -0.521. The number of nitrogens with zero attached hydrogens (tertiary/aromatic N) is 1. The molecule has 23 heavy (non-hydrogen) atoms. The van der Waals surface area contributed by atoms with Crippen LogP contribution in [0.2, 0.25) is 0 Å². The third kappa shape index (κ3) is 4.73. The fourth-order valence-corrected chi connectivity index (χ4v) is 1.91. The van der Waals surface area contributed by atoms with Crippen LogP contribution in [0, 0.1) is 0 Å². The van der Waals surface area contributed by atoms with Crippen LogP contribution in [0.4, 0.5) is 8.78 Å². The van der Waals surface area contributed by atoms with Crippen molar-refractivity contribution < 1.29 is 28.3 Å². The SMILES string of the molecule is CC(=O)NCCN(C(=O)C(F)(F)c1ccccc1)C(C)C(=O)O. The Hall–Kier alpha value is -2.51. The molecule has 1 aromatic carbocycles. The number of rotatable bonds is 7. The van der Waals surface area contributed by atoms with E-state index >= 15 is 0 Å². The first-order valence-corrected chi connectivity index (χ1v) is 6.89. The summed E-state index contributed by atoms with van der Waals surface area (Å²) in [5.74, 6) is -7.30. The quantitative estimate of drug-likeness (QED) is 0.788. The Bertz CT molecular complexity index is 578. The average molecular weight is 328 g/mol. The molecule has 2 amide bonds. The maximum absolute atomic E-state index is 14.3. The number of carboxylic acids is 1. The van der Waals surface area contributed by atoms with Gasteiger partial charge in [0.15, 0.2) is 0 Å². The maximum Gasteiger partial charge on any atom is 0.349 e. The van der Waals surface area contributed by atoms with Crippen molar-refractivity contribution in [2.24, 2.45) is 0 Å². The van der Waals surface area contributed by atoms with Gasteiger partial charge < -0.3 is 15.3 Å². The largest absolute Gasteiger partial charge is 0.480 e. The molecule has 1 rings (SSSR count). The molecular weight excluding hydrogens is 310 g/mol. The van der Waals surface area contributed by atoms with Gasteiger partial charge in [0, 0.05) is 25.6 Å². The second-order valence-corrected chi connectivity index (χ2v) is 4.94. The van der Waals surface area contributed by atoms with Crippen LogP contribution in [0.3, 0.4) is 0 Å². The second kappa shape index (κ2) is 7.66. The molecule has 0 heterocycles. The molecule has 0 radical (unpaired) electrons. The van der Waals surface area contributed by atoms with Crippen molar-refractivity contribution in [1.29, 1.82) is 0 Å². The highest BCUT2D eigenvalue weighted by molar-refractivity contribution is 5.89. The van der Waals surface area contributed by atoms with Gasteiger partial charge in [-0.15, -0.1) is 0 Å². The number of halogens is 2. The van der Waals surface area contributed by atoms with Crippen LogP contribution in [-0.4, -0.2) is 46.9 Å². The van der Waals surface area contributed by atoms with E-state index in [1.54, 1.807) is 0 Å². The molecule has 0 fully saturated rings. The number of nitrogens with one attached hydrogen (secondary N) is 1. The minimum Gasteiger partial charge on any atom is -0.480 e. The maximum atomic E-state index is 14.3. The Morgan fingerprint density at radius 1 is 1.26 bits per heavy atom. The van der Waals surface area contributed by atoms with Crippen molar-refractivity contribution >= 4 is 17.8 Å². The zero-order valence-electron chi connectivity index (χ0n) is 12.8. The highest BCUT2D eigenvalue weighted by Crippen LogP contribution is 2.30. The Morgan fingerprint density at radius 2 is 1.83 bits per heavy atom. The van der Waals surface area contributed by atoms with Gasteiger partial charge in [0.2, 0.25) is 5.91 Å². The lowest BCUT2D eigenvalue weighted by Gasteiger charge is -2.30. The number of carboxylic acid groups (broad SMARTS) is 1. The molecule has 6 nitrogen and oxygen atoms in total. The van der Waals surface area contributed by atoms with Gasteiger partial charge in [-0.2, -0.15) is 8.78 Å². The van der Waals surface area contributed by atoms with Gasteiger partial charge in [0.05, 0.1) is 0 Å². The molecule has 1 aromatic rings. The second-order valence-electron chi connectivity index (χ2n) is 4.94. The number of carbonyl (C=O) groups excluding carboxylic acids is 2. The molecule has 0 saturated heterocycles. The Morgan fingerprint density at radius 3 is 2.30 bits per heavy atom. The van der Waals surface area contributed by atoms with Crippen molar-refractivity contribution in [2.75, 3.05) is 13.1 Å². The van der Waals surface area contributed by atoms with Crippen LogP contribution < -0.4 is 5.32 Å². The predicted octanol–water partition coefficient (Wildman–Crippen LogP) is 1.22. The standard InChI is InChI=1S/C15H18F2N2O4/c1-10(13(21)22)19(9-8-18-11(2)20)14(23)15(16,17)12-6-4-3-5-7-12/h3-7,10H,8-9H2,1-2H3,(H,18,20)(H,21,22). The summed E-state index contributed by atoms with van der Waals surface area (Å²) in [6.45, 7) is 1.90. The summed E-state index contributed by atoms with van der Waals surface area (Å²) < 4.78 is 28.7. The van der Waals surface area contributed by atoms with Gasteiger partial charge in [-0.25, -0.2) is 4.79 Å². The number of alkyl halides is 2. The van der Waals surface area contributed by atoms with E-state index in [1.807, 2.05) is 0 Å². The molecule has 0 saturated carbocycles. The predicted molar refractivity (Wildman–Crippen MR) is 77.8 cm³/mol. The molecule has 0 aliphatic rings. The van der Waals surface area contributed by atoms with E-state index in [-0.39, 0.29) is 13.1 Å². The van der Waals surface area contributed by atoms with E-state index < -0.39 is 35.3 Å². The van der Waals surface area contributed by atoms with Crippen LogP contribution in [0.25, 0.3) is 0 Å². The van der Waals surface area contributed by atoms with Crippen molar-refractivity contribution in [3.05, 3.63) is 35.9 Å². The smallest absolute Gasteiger partial charge is 0.349 e. The highest BCUT2D eigenvalue weighted by atomic mass is 19.3. The summed E-state index contributed by atoms with van der Waals surface area (Å²) in [5, 5.41) is 11.4. The summed E-state index contributed by atoms with van der Waals surface area (Å²) in [6, 6.07) is 4.98. The molecule has 8 heteroatoms. The van der Waals surface area contributed by atoms with E-state index in [0.717, 1.165) is 19.1 Å². The molecule has 126 valence electrons. The fraction of sp³-hybridized carbons (Fsp3) is 0.400. The van der Waals surface area contributed by atoms with Crippen molar-refractivity contribution in [3.63, 3.8) is 0 Å². The third-order valence-electron chi connectivity index (χ3n) is 3.22. The minimum absolute atomic E-state index is 0.121. The number of hydrogen-bond acceptors (Lipinski definition) is 3. The van der Waals surface area contributed by atoms with Gasteiger partial charge in [0.1, 0.15) is 6.04 Å². The van der Waals surface area contributed by atoms with Gasteiger partial charge in [0.25, 0.3) is 5.91 Å². The number of benzene rings is 1. The third-order valence-corrected chi connectivity index (χ3v) is 3.22. The van der Waals surface area contributed by atoms with Crippen molar-refractivity contribution in [3.8, 4) is 0 Å². The van der Waals surface area contributed by atoms with Crippen molar-refractivity contribution in [1.82, 2.24) is 10.2 Å². The van der Waals surface area contributed by atoms with Crippen LogP contribution in [0.15, 0.2) is 30.3 Å². The fourth-order valence-electron chi connectivity index (χ4n) is 1.91. The first-order valence-electron chi connectivity index (χ1n) is 6.89. The van der Waals surface area contributed by atoms with Crippen LogP contribution in [0.1, 0.15) is 19.4 Å². The Kier molecular flexibility index (Phi) is 6.18. The van der Waals surface area contributed by atoms with Crippen LogP contribution in [0.5, 0.6) is 0 Å². The molecule has 0 aliphatic heterocycles. The van der Waals surface area contributed by atoms with E-state index in [1.165, 1.54) is 25.1 Å². The summed E-state index contributed by atoms with van der Waals surface area (Å²) in [6.07, 6.45) is 0. The van der Waals surface area contributed by atoms with E-state index in [0.29, 0.717) is 4.90 Å². The topological polar surface area (TPSA) is 86.7 Å². The van der Waals surface area contributed by atoms with Gasteiger partial charge in [-0.3, -0.25) is 9.59 Å². The zero-order valence-corrected chi connectivity index (χ0v) is 12.8. The molecule has 0 aromatic heterocycles. The molecule has 1 unspecified atom stereocenters. The first kappa shape index (κ1) is 18.5. The molecule has 0 bridgehead atoms. The van der Waals surface area contributed by atoms with E-state index in [4.69, 9.17) is 5.11 Å². The Labute approximate surface area is 132 Å². The number of hydrogen-bond donors (Lipinski definition) is 2. The summed E-state index contributed by atoms with van der Waals surface area (Å²) in [4.78, 5) is 34.7. The van der Waals surface area contributed by atoms with Gasteiger partial charge >= 0.3 is 11.9 Å². The van der Waals surface area contributed by atoms with Gasteiger partial charge in [-0.05, 0) is 6.92 Å². The Balaban J connectivity index is 3.02. The molecule has 2 N–H and O–H groups in total. The van der Waals surface area contributed by atoms with Crippen LogP contribution >= 0.6 is 0 Å². The average Bonchev–Trinajstić information content (AvgIpc) is 2.50. The number of carbonyl (C=O) groups is 3. The van der Waals surface area contributed by atoms with E-state index in [2.05, 4.69) is 5.32 Å². The number of aliphatic carboxylic acids is 1. The minimum atomic E-state index is -3.86. The summed E-state index contributed by atoms with van der Waals surface area (Å²) >= 11 is 0. The van der Waals surface area contributed by atoms with Gasteiger partial charge in [-0.1, -0.05) is 30.3 Å². The first-order chi connectivity index (χ1) is 10.7. The number of amides is 2.